The number of ether oxygens (including phenoxy) is 1. The van der Waals surface area contributed by atoms with Crippen LogP contribution in [-0.2, 0) is 0 Å². The fourth-order valence-corrected chi connectivity index (χ4v) is 2.44. The molecule has 0 amide bonds. The van der Waals surface area contributed by atoms with Crippen molar-refractivity contribution in [1.29, 1.82) is 0 Å². The van der Waals surface area contributed by atoms with Crippen molar-refractivity contribution in [3.8, 4) is 5.75 Å². The van der Waals surface area contributed by atoms with Crippen LogP contribution in [0.25, 0.3) is 0 Å². The lowest BCUT2D eigenvalue weighted by Crippen LogP contribution is -2.40. The van der Waals surface area contributed by atoms with E-state index in [0.29, 0.717) is 6.04 Å². The molecule has 1 fully saturated rings. The SMILES string of the molecule is CN1CCCCC1COc1ccc(NC(N)=S)cc1. The number of nitrogens with one attached hydrogen (secondary N) is 1. The molecule has 0 aromatic heterocycles. The Bertz CT molecular complexity index is 421. The zero-order chi connectivity index (χ0) is 13.7. The van der Waals surface area contributed by atoms with Crippen molar-refractivity contribution < 1.29 is 4.74 Å². The van der Waals surface area contributed by atoms with Crippen molar-refractivity contribution >= 4 is 23.0 Å². The minimum Gasteiger partial charge on any atom is -0.492 e. The number of likely N-dealkylation sites (N-methyl/N-ethyl adjacent to an activating group) is 1. The Morgan fingerprint density at radius 3 is 2.79 bits per heavy atom. The van der Waals surface area contributed by atoms with Crippen LogP contribution in [0.4, 0.5) is 5.69 Å². The van der Waals surface area contributed by atoms with E-state index >= 15 is 0 Å². The second-order valence-electron chi connectivity index (χ2n) is 4.95. The molecule has 1 unspecified atom stereocenters. The van der Waals surface area contributed by atoms with E-state index in [9.17, 15) is 0 Å². The zero-order valence-corrected chi connectivity index (χ0v) is 12.1. The summed E-state index contributed by atoms with van der Waals surface area (Å²) in [5.41, 5.74) is 6.30. The van der Waals surface area contributed by atoms with Crippen molar-refractivity contribution in [3.63, 3.8) is 0 Å². The second-order valence-corrected chi connectivity index (χ2v) is 5.39. The Balaban J connectivity index is 1.84. The van der Waals surface area contributed by atoms with Gasteiger partial charge in [0.2, 0.25) is 0 Å². The molecule has 1 atom stereocenters. The third kappa shape index (κ3) is 4.36. The minimum atomic E-state index is 0.275. The first-order valence-corrected chi connectivity index (χ1v) is 7.05. The maximum Gasteiger partial charge on any atom is 0.168 e. The summed E-state index contributed by atoms with van der Waals surface area (Å²) in [5.74, 6) is 0.882. The highest BCUT2D eigenvalue weighted by Gasteiger charge is 2.19. The van der Waals surface area contributed by atoms with Crippen molar-refractivity contribution in [2.75, 3.05) is 25.5 Å². The number of hydrogen-bond donors (Lipinski definition) is 2. The molecule has 1 aromatic rings. The zero-order valence-electron chi connectivity index (χ0n) is 11.3. The molecule has 0 bridgehead atoms. The quantitative estimate of drug-likeness (QED) is 0.828. The molecule has 1 aliphatic heterocycles. The average molecular weight is 279 g/mol. The first kappa shape index (κ1) is 14.1. The van der Waals surface area contributed by atoms with Crippen LogP contribution in [0.2, 0.25) is 0 Å². The summed E-state index contributed by atoms with van der Waals surface area (Å²) in [4.78, 5) is 2.38. The first-order chi connectivity index (χ1) is 9.15. The van der Waals surface area contributed by atoms with Crippen molar-refractivity contribution in [3.05, 3.63) is 24.3 Å². The standard InChI is InChI=1S/C14H21N3OS/c1-17-9-3-2-4-12(17)10-18-13-7-5-11(6-8-13)16-14(15)19/h5-8,12H,2-4,9-10H2,1H3,(H3,15,16,19). The topological polar surface area (TPSA) is 50.5 Å². The summed E-state index contributed by atoms with van der Waals surface area (Å²) in [6.45, 7) is 1.92. The number of hydrogen-bond acceptors (Lipinski definition) is 3. The summed E-state index contributed by atoms with van der Waals surface area (Å²) in [5, 5.41) is 3.17. The summed E-state index contributed by atoms with van der Waals surface area (Å²) >= 11 is 4.79. The smallest absolute Gasteiger partial charge is 0.168 e. The fraction of sp³-hybridized carbons (Fsp3) is 0.500. The van der Waals surface area contributed by atoms with E-state index in [1.54, 1.807) is 0 Å². The van der Waals surface area contributed by atoms with Crippen molar-refractivity contribution in [2.24, 2.45) is 5.73 Å². The first-order valence-electron chi connectivity index (χ1n) is 6.65. The average Bonchev–Trinajstić information content (AvgIpc) is 2.39. The summed E-state index contributed by atoms with van der Waals surface area (Å²) in [6.07, 6.45) is 3.82. The molecule has 4 nitrogen and oxygen atoms in total. The van der Waals surface area contributed by atoms with Gasteiger partial charge in [-0.1, -0.05) is 6.42 Å². The molecular weight excluding hydrogens is 258 g/mol. The molecular formula is C14H21N3OS. The molecule has 1 heterocycles. The third-order valence-corrected chi connectivity index (χ3v) is 3.59. The number of anilines is 1. The van der Waals surface area contributed by atoms with Crippen LogP contribution in [0, 0.1) is 0 Å². The van der Waals surface area contributed by atoms with Crippen LogP contribution in [0.5, 0.6) is 5.75 Å². The van der Waals surface area contributed by atoms with E-state index in [-0.39, 0.29) is 5.11 Å². The summed E-state index contributed by atoms with van der Waals surface area (Å²) < 4.78 is 5.84. The fourth-order valence-electron chi connectivity index (χ4n) is 2.32. The van der Waals surface area contributed by atoms with Gasteiger partial charge in [-0.2, -0.15) is 0 Å². The van der Waals surface area contributed by atoms with Crippen LogP contribution in [0.15, 0.2) is 24.3 Å². The van der Waals surface area contributed by atoms with Gasteiger partial charge in [0.15, 0.2) is 5.11 Å². The second kappa shape index (κ2) is 6.73. The van der Waals surface area contributed by atoms with E-state index in [1.807, 2.05) is 24.3 Å². The lowest BCUT2D eigenvalue weighted by molar-refractivity contribution is 0.125. The molecule has 3 N–H and O–H groups in total. The number of rotatable bonds is 4. The summed E-state index contributed by atoms with van der Waals surface area (Å²) in [6, 6.07) is 8.23. The highest BCUT2D eigenvalue weighted by molar-refractivity contribution is 7.80. The van der Waals surface area contributed by atoms with E-state index in [0.717, 1.165) is 18.0 Å². The number of nitrogens with zero attached hydrogens (tertiary/aromatic N) is 1. The Morgan fingerprint density at radius 2 is 2.16 bits per heavy atom. The molecule has 0 aliphatic carbocycles. The highest BCUT2D eigenvalue weighted by atomic mass is 32.1. The van der Waals surface area contributed by atoms with E-state index < -0.39 is 0 Å². The van der Waals surface area contributed by atoms with Gasteiger partial charge in [-0.05, 0) is 62.9 Å². The molecule has 1 saturated heterocycles. The number of benzene rings is 1. The van der Waals surface area contributed by atoms with Gasteiger partial charge in [0.05, 0.1) is 0 Å². The molecule has 19 heavy (non-hydrogen) atoms. The Morgan fingerprint density at radius 1 is 1.42 bits per heavy atom. The van der Waals surface area contributed by atoms with Gasteiger partial charge in [0.1, 0.15) is 12.4 Å². The van der Waals surface area contributed by atoms with E-state index in [1.165, 1.54) is 25.8 Å². The van der Waals surface area contributed by atoms with Crippen LogP contribution in [0.3, 0.4) is 0 Å². The normalized spacial score (nSPS) is 19.9. The number of thiocarbonyl (C=S) groups is 1. The maximum absolute atomic E-state index is 5.84. The van der Waals surface area contributed by atoms with Crippen molar-refractivity contribution in [1.82, 2.24) is 4.90 Å². The minimum absolute atomic E-state index is 0.275. The largest absolute Gasteiger partial charge is 0.492 e. The number of likely N-dealkylation sites (tertiary alicyclic amines) is 1. The number of nitrogens with two attached hydrogens (primary N) is 1. The van der Waals surface area contributed by atoms with Gasteiger partial charge < -0.3 is 20.7 Å². The predicted molar refractivity (Wildman–Crippen MR) is 82.6 cm³/mol. The molecule has 1 aromatic carbocycles. The van der Waals surface area contributed by atoms with Gasteiger partial charge in [0, 0.05) is 11.7 Å². The lowest BCUT2D eigenvalue weighted by atomic mass is 10.0. The van der Waals surface area contributed by atoms with Crippen LogP contribution >= 0.6 is 12.2 Å². The van der Waals surface area contributed by atoms with Gasteiger partial charge in [-0.3, -0.25) is 0 Å². The molecule has 0 spiro atoms. The van der Waals surface area contributed by atoms with E-state index in [2.05, 4.69) is 17.3 Å². The van der Waals surface area contributed by atoms with Gasteiger partial charge in [-0.25, -0.2) is 0 Å². The van der Waals surface area contributed by atoms with E-state index in [4.69, 9.17) is 22.7 Å². The van der Waals surface area contributed by atoms with Crippen LogP contribution in [-0.4, -0.2) is 36.3 Å². The van der Waals surface area contributed by atoms with Gasteiger partial charge >= 0.3 is 0 Å². The molecule has 5 heteroatoms. The number of piperidine rings is 1. The third-order valence-electron chi connectivity index (χ3n) is 3.49. The van der Waals surface area contributed by atoms with Gasteiger partial charge in [-0.15, -0.1) is 0 Å². The van der Waals surface area contributed by atoms with Crippen LogP contribution in [0.1, 0.15) is 19.3 Å². The molecule has 1 aliphatic rings. The Labute approximate surface area is 119 Å². The Kier molecular flexibility index (Phi) is 4.99. The maximum atomic E-state index is 5.84. The van der Waals surface area contributed by atoms with Gasteiger partial charge in [0.25, 0.3) is 0 Å². The molecule has 104 valence electrons. The molecule has 0 radical (unpaired) electrons. The highest BCUT2D eigenvalue weighted by Crippen LogP contribution is 2.19. The summed E-state index contributed by atoms with van der Waals surface area (Å²) in [7, 11) is 2.17. The monoisotopic (exact) mass is 279 g/mol. The lowest BCUT2D eigenvalue weighted by Gasteiger charge is -2.32. The molecule has 2 rings (SSSR count). The molecule has 0 saturated carbocycles. The Hall–Kier alpha value is -1.33. The predicted octanol–water partition coefficient (Wildman–Crippen LogP) is 2.21. The van der Waals surface area contributed by atoms with Crippen molar-refractivity contribution in [2.45, 2.75) is 25.3 Å². The van der Waals surface area contributed by atoms with Crippen LogP contribution < -0.4 is 15.8 Å².